The SMILES string of the molecule is CCc1cc(Oc2ccc(OC)cc2N)ccc1Cl. The van der Waals surface area contributed by atoms with Crippen LogP contribution in [0, 0.1) is 0 Å². The van der Waals surface area contributed by atoms with Gasteiger partial charge >= 0.3 is 0 Å². The third-order valence-electron chi connectivity index (χ3n) is 2.84. The summed E-state index contributed by atoms with van der Waals surface area (Å²) in [5.41, 5.74) is 7.50. The second-order valence-electron chi connectivity index (χ2n) is 4.11. The van der Waals surface area contributed by atoms with Crippen molar-refractivity contribution in [2.45, 2.75) is 13.3 Å². The molecule has 0 saturated heterocycles. The van der Waals surface area contributed by atoms with E-state index in [0.717, 1.165) is 22.8 Å². The minimum atomic E-state index is 0.535. The molecule has 0 bridgehead atoms. The molecule has 0 aromatic heterocycles. The van der Waals surface area contributed by atoms with Crippen molar-refractivity contribution in [1.29, 1.82) is 0 Å². The lowest BCUT2D eigenvalue weighted by molar-refractivity contribution is 0.413. The number of benzene rings is 2. The maximum absolute atomic E-state index is 6.07. The van der Waals surface area contributed by atoms with E-state index in [1.54, 1.807) is 19.2 Å². The molecule has 2 N–H and O–H groups in total. The number of halogens is 1. The van der Waals surface area contributed by atoms with Gasteiger partial charge in [0.15, 0.2) is 5.75 Å². The van der Waals surface area contributed by atoms with E-state index in [1.165, 1.54) is 0 Å². The molecular weight excluding hydrogens is 262 g/mol. The Morgan fingerprint density at radius 1 is 1.11 bits per heavy atom. The third kappa shape index (κ3) is 3.12. The van der Waals surface area contributed by atoms with E-state index in [1.807, 2.05) is 31.2 Å². The summed E-state index contributed by atoms with van der Waals surface area (Å²) in [6.45, 7) is 2.05. The second kappa shape index (κ2) is 5.85. The summed E-state index contributed by atoms with van der Waals surface area (Å²) in [5, 5.41) is 0.748. The summed E-state index contributed by atoms with van der Waals surface area (Å²) in [6, 6.07) is 10.9. The van der Waals surface area contributed by atoms with Gasteiger partial charge in [-0.05, 0) is 42.3 Å². The molecule has 0 fully saturated rings. The maximum Gasteiger partial charge on any atom is 0.150 e. The van der Waals surface area contributed by atoms with E-state index in [-0.39, 0.29) is 0 Å². The van der Waals surface area contributed by atoms with Crippen LogP contribution < -0.4 is 15.2 Å². The lowest BCUT2D eigenvalue weighted by atomic mass is 10.1. The Bertz CT molecular complexity index is 584. The van der Waals surface area contributed by atoms with Crippen LogP contribution in [-0.4, -0.2) is 7.11 Å². The van der Waals surface area contributed by atoms with Gasteiger partial charge in [0.2, 0.25) is 0 Å². The van der Waals surface area contributed by atoms with Gasteiger partial charge in [0.1, 0.15) is 11.5 Å². The van der Waals surface area contributed by atoms with Gasteiger partial charge < -0.3 is 15.2 Å². The van der Waals surface area contributed by atoms with Crippen LogP contribution >= 0.6 is 11.6 Å². The van der Waals surface area contributed by atoms with Crippen molar-refractivity contribution in [2.75, 3.05) is 12.8 Å². The highest BCUT2D eigenvalue weighted by atomic mass is 35.5. The summed E-state index contributed by atoms with van der Waals surface area (Å²) in [4.78, 5) is 0. The number of ether oxygens (including phenoxy) is 2. The van der Waals surface area contributed by atoms with Crippen LogP contribution in [0.25, 0.3) is 0 Å². The molecule has 0 aliphatic rings. The van der Waals surface area contributed by atoms with Crippen molar-refractivity contribution in [1.82, 2.24) is 0 Å². The normalized spacial score (nSPS) is 10.3. The summed E-state index contributed by atoms with van der Waals surface area (Å²) in [5.74, 6) is 2.03. The largest absolute Gasteiger partial charge is 0.497 e. The molecule has 2 aromatic carbocycles. The van der Waals surface area contributed by atoms with Crippen LogP contribution in [0.1, 0.15) is 12.5 Å². The number of methoxy groups -OCH3 is 1. The van der Waals surface area contributed by atoms with E-state index in [0.29, 0.717) is 17.2 Å². The van der Waals surface area contributed by atoms with Crippen LogP contribution in [0.3, 0.4) is 0 Å². The number of hydrogen-bond donors (Lipinski definition) is 1. The molecule has 0 atom stereocenters. The summed E-state index contributed by atoms with van der Waals surface area (Å²) in [7, 11) is 1.60. The summed E-state index contributed by atoms with van der Waals surface area (Å²) in [6.07, 6.45) is 0.855. The quantitative estimate of drug-likeness (QED) is 0.848. The average Bonchev–Trinajstić information content (AvgIpc) is 2.43. The molecule has 0 amide bonds. The molecule has 100 valence electrons. The first-order chi connectivity index (χ1) is 9.13. The highest BCUT2D eigenvalue weighted by Gasteiger charge is 2.06. The Labute approximate surface area is 117 Å². The van der Waals surface area contributed by atoms with E-state index in [2.05, 4.69) is 0 Å². The number of anilines is 1. The fourth-order valence-electron chi connectivity index (χ4n) is 1.76. The van der Waals surface area contributed by atoms with Crippen molar-refractivity contribution < 1.29 is 9.47 Å². The third-order valence-corrected chi connectivity index (χ3v) is 3.21. The minimum absolute atomic E-state index is 0.535. The standard InChI is InChI=1S/C15H16ClNO2/c1-3-10-8-12(4-6-13(10)16)19-15-7-5-11(18-2)9-14(15)17/h4-9H,3,17H2,1-2H3. The topological polar surface area (TPSA) is 44.5 Å². The maximum atomic E-state index is 6.07. The molecule has 0 spiro atoms. The molecule has 0 heterocycles. The van der Waals surface area contributed by atoms with Gasteiger partial charge in [0, 0.05) is 11.1 Å². The van der Waals surface area contributed by atoms with Crippen LogP contribution in [-0.2, 0) is 6.42 Å². The number of aryl methyl sites for hydroxylation is 1. The molecule has 2 aromatic rings. The molecule has 0 radical (unpaired) electrons. The Morgan fingerprint density at radius 2 is 1.84 bits per heavy atom. The fourth-order valence-corrected chi connectivity index (χ4v) is 2.01. The lowest BCUT2D eigenvalue weighted by Crippen LogP contribution is -1.94. The molecule has 0 saturated carbocycles. The molecule has 19 heavy (non-hydrogen) atoms. The van der Waals surface area contributed by atoms with Gasteiger partial charge in [-0.3, -0.25) is 0 Å². The Balaban J connectivity index is 2.26. The van der Waals surface area contributed by atoms with Gasteiger partial charge in [-0.25, -0.2) is 0 Å². The molecule has 3 nitrogen and oxygen atoms in total. The van der Waals surface area contributed by atoms with Gasteiger partial charge in [-0.15, -0.1) is 0 Å². The highest BCUT2D eigenvalue weighted by molar-refractivity contribution is 6.31. The van der Waals surface area contributed by atoms with Crippen molar-refractivity contribution in [3.8, 4) is 17.2 Å². The fraction of sp³-hybridized carbons (Fsp3) is 0.200. The van der Waals surface area contributed by atoms with E-state index in [9.17, 15) is 0 Å². The summed E-state index contributed by atoms with van der Waals surface area (Å²) >= 11 is 6.07. The van der Waals surface area contributed by atoms with Crippen LogP contribution in [0.5, 0.6) is 17.2 Å². The number of nitrogen functional groups attached to an aromatic ring is 1. The first-order valence-corrected chi connectivity index (χ1v) is 6.41. The molecular formula is C15H16ClNO2. The zero-order valence-electron chi connectivity index (χ0n) is 10.9. The second-order valence-corrected chi connectivity index (χ2v) is 4.52. The monoisotopic (exact) mass is 277 g/mol. The van der Waals surface area contributed by atoms with Gasteiger partial charge in [-0.2, -0.15) is 0 Å². The molecule has 4 heteroatoms. The predicted molar refractivity (Wildman–Crippen MR) is 78.3 cm³/mol. The first kappa shape index (κ1) is 13.6. The van der Waals surface area contributed by atoms with Crippen LogP contribution in [0.4, 0.5) is 5.69 Å². The van der Waals surface area contributed by atoms with Crippen molar-refractivity contribution in [2.24, 2.45) is 0 Å². The van der Waals surface area contributed by atoms with Crippen molar-refractivity contribution >= 4 is 17.3 Å². The van der Waals surface area contributed by atoms with E-state index < -0.39 is 0 Å². The van der Waals surface area contributed by atoms with E-state index >= 15 is 0 Å². The van der Waals surface area contributed by atoms with E-state index in [4.69, 9.17) is 26.8 Å². The molecule has 2 rings (SSSR count). The lowest BCUT2D eigenvalue weighted by Gasteiger charge is -2.11. The highest BCUT2D eigenvalue weighted by Crippen LogP contribution is 2.32. The molecule has 0 unspecified atom stereocenters. The smallest absolute Gasteiger partial charge is 0.150 e. The van der Waals surface area contributed by atoms with Crippen molar-refractivity contribution in [3.05, 3.63) is 47.0 Å². The number of hydrogen-bond acceptors (Lipinski definition) is 3. The Morgan fingerprint density at radius 3 is 2.47 bits per heavy atom. The average molecular weight is 278 g/mol. The first-order valence-electron chi connectivity index (χ1n) is 6.04. The molecule has 0 aliphatic heterocycles. The zero-order chi connectivity index (χ0) is 13.8. The Kier molecular flexibility index (Phi) is 4.17. The summed E-state index contributed by atoms with van der Waals surface area (Å²) < 4.78 is 10.9. The van der Waals surface area contributed by atoms with Gasteiger partial charge in [-0.1, -0.05) is 18.5 Å². The van der Waals surface area contributed by atoms with Gasteiger partial charge in [0.25, 0.3) is 0 Å². The van der Waals surface area contributed by atoms with Crippen molar-refractivity contribution in [3.63, 3.8) is 0 Å². The number of nitrogens with two attached hydrogens (primary N) is 1. The van der Waals surface area contributed by atoms with Crippen LogP contribution in [0.15, 0.2) is 36.4 Å². The Hall–Kier alpha value is -1.87. The van der Waals surface area contributed by atoms with Gasteiger partial charge in [0.05, 0.1) is 12.8 Å². The zero-order valence-corrected chi connectivity index (χ0v) is 11.7. The molecule has 0 aliphatic carbocycles. The predicted octanol–water partition coefficient (Wildman–Crippen LogP) is 4.29. The number of rotatable bonds is 4. The van der Waals surface area contributed by atoms with Crippen LogP contribution in [0.2, 0.25) is 5.02 Å². The minimum Gasteiger partial charge on any atom is -0.497 e.